The van der Waals surface area contributed by atoms with E-state index in [1.165, 1.54) is 27.3 Å². The Bertz CT molecular complexity index is 637. The SMILES string of the molecule is Pc1ccc(-c2[c-]cc(-c3ccc(P)cc3)cc2)cc1.[La]. The molecule has 0 amide bonds. The first-order valence-corrected chi connectivity index (χ1v) is 7.61. The molecule has 2 atom stereocenters. The van der Waals surface area contributed by atoms with E-state index in [4.69, 9.17) is 0 Å². The largest absolute Gasteiger partial charge is 0.143 e. The van der Waals surface area contributed by atoms with Crippen LogP contribution in [-0.4, -0.2) is 0 Å². The van der Waals surface area contributed by atoms with Gasteiger partial charge in [-0.25, -0.2) is 0 Å². The van der Waals surface area contributed by atoms with Gasteiger partial charge in [0.2, 0.25) is 0 Å². The van der Waals surface area contributed by atoms with Crippen molar-refractivity contribution >= 4 is 29.1 Å². The van der Waals surface area contributed by atoms with Crippen LogP contribution in [0, 0.1) is 41.7 Å². The molecule has 1 radical (unpaired) electrons. The zero-order chi connectivity index (χ0) is 13.9. The fourth-order valence-corrected chi connectivity index (χ4v) is 2.51. The molecule has 0 aliphatic carbocycles. The van der Waals surface area contributed by atoms with E-state index in [9.17, 15) is 0 Å². The van der Waals surface area contributed by atoms with E-state index in [2.05, 4.69) is 91.3 Å². The molecule has 0 heterocycles. The van der Waals surface area contributed by atoms with E-state index in [1.54, 1.807) is 0 Å². The monoisotopic (exact) mass is 432 g/mol. The topological polar surface area (TPSA) is 0 Å². The number of hydrogen-bond donors (Lipinski definition) is 0. The molecular weight excluding hydrogens is 417 g/mol. The van der Waals surface area contributed by atoms with Crippen LogP contribution in [0.25, 0.3) is 22.3 Å². The molecule has 0 N–H and O–H groups in total. The maximum absolute atomic E-state index is 3.37. The summed E-state index contributed by atoms with van der Waals surface area (Å²) in [5.74, 6) is 0. The fraction of sp³-hybridized carbons (Fsp3) is 0. The Morgan fingerprint density at radius 1 is 0.571 bits per heavy atom. The molecule has 3 aromatic rings. The summed E-state index contributed by atoms with van der Waals surface area (Å²) in [6, 6.07) is 26.6. The Morgan fingerprint density at radius 3 is 1.52 bits per heavy atom. The fourth-order valence-electron chi connectivity index (χ4n) is 2.12. The van der Waals surface area contributed by atoms with Gasteiger partial charge in [0.15, 0.2) is 0 Å². The smallest absolute Gasteiger partial charge is 0 e. The third-order valence-corrected chi connectivity index (χ3v) is 4.05. The number of hydrogen-bond acceptors (Lipinski definition) is 0. The number of benzene rings is 3. The molecule has 0 spiro atoms. The zero-order valence-electron chi connectivity index (χ0n) is 11.6. The first kappa shape index (κ1) is 17.1. The van der Waals surface area contributed by atoms with Gasteiger partial charge in [-0.15, -0.1) is 48.3 Å². The van der Waals surface area contributed by atoms with Crippen LogP contribution in [-0.2, 0) is 0 Å². The molecule has 0 aliphatic heterocycles. The molecule has 0 aliphatic rings. The van der Waals surface area contributed by atoms with Gasteiger partial charge in [0.05, 0.1) is 0 Å². The van der Waals surface area contributed by atoms with Gasteiger partial charge >= 0.3 is 0 Å². The van der Waals surface area contributed by atoms with Crippen molar-refractivity contribution in [3.63, 3.8) is 0 Å². The minimum Gasteiger partial charge on any atom is -0.143 e. The molecule has 0 saturated carbocycles. The zero-order valence-corrected chi connectivity index (χ0v) is 17.5. The Labute approximate surface area is 158 Å². The second-order valence-corrected chi connectivity index (χ2v) is 6.07. The molecule has 21 heavy (non-hydrogen) atoms. The quantitative estimate of drug-likeness (QED) is 0.427. The summed E-state index contributed by atoms with van der Waals surface area (Å²) in [4.78, 5) is 0. The summed E-state index contributed by atoms with van der Waals surface area (Å²) in [5.41, 5.74) is 4.74. The summed E-state index contributed by atoms with van der Waals surface area (Å²) in [6.45, 7) is 0. The van der Waals surface area contributed by atoms with Crippen LogP contribution in [0.15, 0.2) is 66.7 Å². The van der Waals surface area contributed by atoms with Crippen molar-refractivity contribution in [3.8, 4) is 22.3 Å². The maximum atomic E-state index is 3.37. The molecule has 0 nitrogen and oxygen atoms in total. The van der Waals surface area contributed by atoms with Crippen molar-refractivity contribution in [2.45, 2.75) is 0 Å². The minimum absolute atomic E-state index is 0. The second kappa shape index (κ2) is 7.82. The molecule has 0 saturated heterocycles. The van der Waals surface area contributed by atoms with Gasteiger partial charge in [-0.05, 0) is 10.6 Å². The molecule has 3 aromatic carbocycles. The van der Waals surface area contributed by atoms with Crippen LogP contribution >= 0.6 is 18.5 Å². The summed E-state index contributed by atoms with van der Waals surface area (Å²) < 4.78 is 0. The Kier molecular flexibility index (Phi) is 6.36. The predicted octanol–water partition coefficient (Wildman–Crippen LogP) is 3.82. The van der Waals surface area contributed by atoms with Crippen LogP contribution in [0.3, 0.4) is 0 Å². The first-order valence-electron chi connectivity index (χ1n) is 6.46. The van der Waals surface area contributed by atoms with Crippen molar-refractivity contribution in [2.75, 3.05) is 0 Å². The van der Waals surface area contributed by atoms with Gasteiger partial charge in [0.25, 0.3) is 0 Å². The maximum Gasteiger partial charge on any atom is 0 e. The third kappa shape index (κ3) is 4.35. The normalized spacial score (nSPS) is 10.0. The van der Waals surface area contributed by atoms with E-state index in [1.807, 2.05) is 0 Å². The van der Waals surface area contributed by atoms with Crippen molar-refractivity contribution in [1.29, 1.82) is 0 Å². The summed E-state index contributed by atoms with van der Waals surface area (Å²) in [7, 11) is 5.41. The molecule has 0 fully saturated rings. The Morgan fingerprint density at radius 2 is 1.05 bits per heavy atom. The predicted molar refractivity (Wildman–Crippen MR) is 94.8 cm³/mol. The average Bonchev–Trinajstić information content (AvgIpc) is 2.49. The van der Waals surface area contributed by atoms with Gasteiger partial charge in [-0.1, -0.05) is 65.2 Å². The molecule has 101 valence electrons. The van der Waals surface area contributed by atoms with Crippen molar-refractivity contribution < 1.29 is 35.6 Å². The van der Waals surface area contributed by atoms with Gasteiger partial charge in [0.1, 0.15) is 0 Å². The minimum atomic E-state index is 0. The Balaban J connectivity index is 0.00000161. The van der Waals surface area contributed by atoms with Crippen LogP contribution in [0.1, 0.15) is 0 Å². The van der Waals surface area contributed by atoms with Crippen LogP contribution in [0.4, 0.5) is 0 Å². The van der Waals surface area contributed by atoms with Gasteiger partial charge in [-0.3, -0.25) is 0 Å². The van der Waals surface area contributed by atoms with E-state index >= 15 is 0 Å². The van der Waals surface area contributed by atoms with E-state index in [-0.39, 0.29) is 35.6 Å². The van der Waals surface area contributed by atoms with Crippen molar-refractivity contribution in [2.24, 2.45) is 0 Å². The van der Waals surface area contributed by atoms with Crippen LogP contribution in [0.2, 0.25) is 0 Å². The summed E-state index contributed by atoms with van der Waals surface area (Å²) >= 11 is 0. The standard InChI is InChI=1S/C18H15P2.La/c19-17-9-5-15(6-10-17)13-1-2-14(4-3-13)16-7-11-18(20)12-8-16;/h1-3,5-12H,19-20H2;/q-1;. The van der Waals surface area contributed by atoms with E-state index in [0.29, 0.717) is 0 Å². The van der Waals surface area contributed by atoms with Crippen molar-refractivity contribution in [1.82, 2.24) is 0 Å². The Hall–Kier alpha value is -0.285. The third-order valence-electron chi connectivity index (χ3n) is 3.28. The molecule has 0 aromatic heterocycles. The second-order valence-electron chi connectivity index (χ2n) is 4.74. The van der Waals surface area contributed by atoms with Gasteiger partial charge in [0, 0.05) is 35.6 Å². The van der Waals surface area contributed by atoms with E-state index < -0.39 is 0 Å². The molecular formula is C18H15LaP2-. The molecule has 2 unspecified atom stereocenters. The van der Waals surface area contributed by atoms with Crippen LogP contribution in [0.5, 0.6) is 0 Å². The molecule has 3 rings (SSSR count). The summed E-state index contributed by atoms with van der Waals surface area (Å²) in [6.07, 6.45) is 0. The van der Waals surface area contributed by atoms with E-state index in [0.717, 1.165) is 5.56 Å². The van der Waals surface area contributed by atoms with Crippen molar-refractivity contribution in [3.05, 3.63) is 72.8 Å². The molecule has 3 heteroatoms. The van der Waals surface area contributed by atoms with Gasteiger partial charge in [-0.2, -0.15) is 0 Å². The first-order chi connectivity index (χ1) is 9.72. The van der Waals surface area contributed by atoms with Crippen LogP contribution < -0.4 is 10.6 Å². The van der Waals surface area contributed by atoms with Gasteiger partial charge < -0.3 is 0 Å². The summed E-state index contributed by atoms with van der Waals surface area (Å²) in [5, 5.41) is 2.40. The average molecular weight is 432 g/mol. The molecule has 0 bridgehead atoms. The number of rotatable bonds is 2.